The quantitative estimate of drug-likeness (QED) is 0.819. The maximum Gasteiger partial charge on any atom is 0.317 e. The maximum absolute atomic E-state index is 12.3. The standard InChI is InChI=1S/C17H24O4/c1-2-21-16(19)17(11-7-6-10-15(17)18)13-20-12-14-8-4-3-5-9-14/h3-5,8-9,15,18H,2,6-7,10-13H2,1H3. The lowest BCUT2D eigenvalue weighted by Crippen LogP contribution is -2.49. The normalized spacial score (nSPS) is 25.5. The van der Waals surface area contributed by atoms with Crippen molar-refractivity contribution >= 4 is 5.97 Å². The lowest BCUT2D eigenvalue weighted by Gasteiger charge is -2.38. The molecule has 2 rings (SSSR count). The van der Waals surface area contributed by atoms with Gasteiger partial charge < -0.3 is 14.6 Å². The fourth-order valence-corrected chi connectivity index (χ4v) is 2.89. The van der Waals surface area contributed by atoms with Gasteiger partial charge in [-0.1, -0.05) is 43.2 Å². The van der Waals surface area contributed by atoms with Gasteiger partial charge in [0.1, 0.15) is 5.41 Å². The molecule has 2 atom stereocenters. The second kappa shape index (κ2) is 7.57. The molecular formula is C17H24O4. The van der Waals surface area contributed by atoms with Crippen LogP contribution in [0.3, 0.4) is 0 Å². The van der Waals surface area contributed by atoms with Gasteiger partial charge >= 0.3 is 5.97 Å². The van der Waals surface area contributed by atoms with Gasteiger partial charge in [-0.3, -0.25) is 4.79 Å². The Bertz CT molecular complexity index is 445. The molecule has 1 aromatic carbocycles. The van der Waals surface area contributed by atoms with Gasteiger partial charge in [-0.2, -0.15) is 0 Å². The smallest absolute Gasteiger partial charge is 0.317 e. The highest BCUT2D eigenvalue weighted by molar-refractivity contribution is 5.78. The topological polar surface area (TPSA) is 55.8 Å². The molecule has 0 radical (unpaired) electrons. The van der Waals surface area contributed by atoms with Crippen LogP contribution >= 0.6 is 0 Å². The van der Waals surface area contributed by atoms with Crippen LogP contribution in [0.4, 0.5) is 0 Å². The zero-order chi connectivity index (χ0) is 15.1. The summed E-state index contributed by atoms with van der Waals surface area (Å²) in [5.41, 5.74) is 0.157. The molecule has 2 unspecified atom stereocenters. The molecule has 1 saturated carbocycles. The lowest BCUT2D eigenvalue weighted by molar-refractivity contribution is -0.174. The van der Waals surface area contributed by atoms with Gasteiger partial charge in [0.15, 0.2) is 0 Å². The van der Waals surface area contributed by atoms with Gasteiger partial charge in [-0.15, -0.1) is 0 Å². The molecule has 1 aliphatic carbocycles. The highest BCUT2D eigenvalue weighted by atomic mass is 16.5. The Morgan fingerprint density at radius 1 is 1.33 bits per heavy atom. The van der Waals surface area contributed by atoms with E-state index in [1.54, 1.807) is 6.92 Å². The van der Waals surface area contributed by atoms with E-state index in [4.69, 9.17) is 9.47 Å². The van der Waals surface area contributed by atoms with Crippen molar-refractivity contribution in [3.8, 4) is 0 Å². The van der Waals surface area contributed by atoms with E-state index in [-0.39, 0.29) is 12.6 Å². The van der Waals surface area contributed by atoms with Crippen LogP contribution in [0.5, 0.6) is 0 Å². The van der Waals surface area contributed by atoms with Crippen LogP contribution < -0.4 is 0 Å². The summed E-state index contributed by atoms with van der Waals surface area (Å²) in [6.07, 6.45) is 2.45. The van der Waals surface area contributed by atoms with Crippen molar-refractivity contribution in [1.82, 2.24) is 0 Å². The molecule has 0 saturated heterocycles. The maximum atomic E-state index is 12.3. The summed E-state index contributed by atoms with van der Waals surface area (Å²) in [7, 11) is 0. The second-order valence-electron chi connectivity index (χ2n) is 5.62. The third-order valence-corrected chi connectivity index (χ3v) is 4.14. The number of carbonyl (C=O) groups is 1. The van der Waals surface area contributed by atoms with E-state index in [9.17, 15) is 9.90 Å². The Balaban J connectivity index is 2.00. The van der Waals surface area contributed by atoms with E-state index in [2.05, 4.69) is 0 Å². The summed E-state index contributed by atoms with van der Waals surface area (Å²) in [4.78, 5) is 12.3. The van der Waals surface area contributed by atoms with Crippen molar-refractivity contribution in [1.29, 1.82) is 0 Å². The summed E-state index contributed by atoms with van der Waals surface area (Å²) in [5.74, 6) is -0.328. The van der Waals surface area contributed by atoms with E-state index >= 15 is 0 Å². The lowest BCUT2D eigenvalue weighted by atomic mass is 9.72. The molecule has 116 valence electrons. The number of aliphatic hydroxyl groups excluding tert-OH is 1. The van der Waals surface area contributed by atoms with Crippen molar-refractivity contribution in [3.63, 3.8) is 0 Å². The largest absolute Gasteiger partial charge is 0.465 e. The monoisotopic (exact) mass is 292 g/mol. The minimum atomic E-state index is -0.900. The highest BCUT2D eigenvalue weighted by Crippen LogP contribution is 2.38. The molecule has 0 aliphatic heterocycles. The van der Waals surface area contributed by atoms with Crippen molar-refractivity contribution < 1.29 is 19.4 Å². The summed E-state index contributed by atoms with van der Waals surface area (Å²) < 4.78 is 10.9. The third-order valence-electron chi connectivity index (χ3n) is 4.14. The fourth-order valence-electron chi connectivity index (χ4n) is 2.89. The van der Waals surface area contributed by atoms with Gasteiger partial charge in [0.25, 0.3) is 0 Å². The molecule has 1 aromatic rings. The summed E-state index contributed by atoms with van der Waals surface area (Å²) >= 11 is 0. The molecule has 0 bridgehead atoms. The van der Waals surface area contributed by atoms with Crippen LogP contribution in [-0.4, -0.2) is 30.4 Å². The van der Waals surface area contributed by atoms with Crippen molar-refractivity contribution in [2.24, 2.45) is 5.41 Å². The SMILES string of the molecule is CCOC(=O)C1(COCc2ccccc2)CCCCC1O. The number of hydrogen-bond acceptors (Lipinski definition) is 4. The first-order valence-electron chi connectivity index (χ1n) is 7.66. The van der Waals surface area contributed by atoms with Gasteiger partial charge in [-0.25, -0.2) is 0 Å². The molecule has 0 aromatic heterocycles. The molecule has 1 N–H and O–H groups in total. The second-order valence-corrected chi connectivity index (χ2v) is 5.62. The van der Waals surface area contributed by atoms with E-state index < -0.39 is 11.5 Å². The minimum Gasteiger partial charge on any atom is -0.465 e. The van der Waals surface area contributed by atoms with Crippen LogP contribution in [-0.2, 0) is 20.9 Å². The van der Waals surface area contributed by atoms with E-state index in [0.29, 0.717) is 26.1 Å². The molecular weight excluding hydrogens is 268 g/mol. The molecule has 1 fully saturated rings. The number of benzene rings is 1. The number of hydrogen-bond donors (Lipinski definition) is 1. The first kappa shape index (κ1) is 16.0. The zero-order valence-electron chi connectivity index (χ0n) is 12.6. The van der Waals surface area contributed by atoms with Gasteiger partial charge in [0.2, 0.25) is 0 Å². The van der Waals surface area contributed by atoms with Crippen LogP contribution in [0.2, 0.25) is 0 Å². The van der Waals surface area contributed by atoms with E-state index in [1.807, 2.05) is 30.3 Å². The van der Waals surface area contributed by atoms with Crippen LogP contribution in [0.15, 0.2) is 30.3 Å². The fraction of sp³-hybridized carbons (Fsp3) is 0.588. The molecule has 4 heteroatoms. The summed E-state index contributed by atoms with van der Waals surface area (Å²) in [6.45, 7) is 2.76. The first-order valence-corrected chi connectivity index (χ1v) is 7.66. The van der Waals surface area contributed by atoms with Crippen LogP contribution in [0.25, 0.3) is 0 Å². The molecule has 21 heavy (non-hydrogen) atoms. The van der Waals surface area contributed by atoms with Crippen LogP contribution in [0, 0.1) is 5.41 Å². The summed E-state index contributed by atoms with van der Waals surface area (Å²) in [5, 5.41) is 10.3. The summed E-state index contributed by atoms with van der Waals surface area (Å²) in [6, 6.07) is 9.82. The number of carbonyl (C=O) groups excluding carboxylic acids is 1. The Kier molecular flexibility index (Phi) is 5.76. The average molecular weight is 292 g/mol. The van der Waals surface area contributed by atoms with E-state index in [1.165, 1.54) is 0 Å². The Morgan fingerprint density at radius 3 is 2.76 bits per heavy atom. The first-order chi connectivity index (χ1) is 10.2. The number of ether oxygens (including phenoxy) is 2. The Labute approximate surface area is 126 Å². The molecule has 0 heterocycles. The van der Waals surface area contributed by atoms with Crippen molar-refractivity contribution in [2.45, 2.75) is 45.3 Å². The third kappa shape index (κ3) is 3.83. The molecule has 1 aliphatic rings. The predicted octanol–water partition coefficient (Wildman–Crippen LogP) is 2.69. The highest BCUT2D eigenvalue weighted by Gasteiger charge is 2.48. The number of aliphatic hydroxyl groups is 1. The molecule has 4 nitrogen and oxygen atoms in total. The Hall–Kier alpha value is -1.39. The molecule has 0 amide bonds. The van der Waals surface area contributed by atoms with Crippen molar-refractivity contribution in [3.05, 3.63) is 35.9 Å². The average Bonchev–Trinajstić information content (AvgIpc) is 2.50. The predicted molar refractivity (Wildman–Crippen MR) is 79.6 cm³/mol. The molecule has 0 spiro atoms. The van der Waals surface area contributed by atoms with Gasteiger partial charge in [0, 0.05) is 0 Å². The van der Waals surface area contributed by atoms with Crippen molar-refractivity contribution in [2.75, 3.05) is 13.2 Å². The number of rotatable bonds is 6. The zero-order valence-corrected chi connectivity index (χ0v) is 12.6. The van der Waals surface area contributed by atoms with Gasteiger partial charge in [0.05, 0.1) is 25.9 Å². The minimum absolute atomic E-state index is 0.210. The van der Waals surface area contributed by atoms with Gasteiger partial charge in [-0.05, 0) is 25.3 Å². The Morgan fingerprint density at radius 2 is 2.10 bits per heavy atom. The van der Waals surface area contributed by atoms with E-state index in [0.717, 1.165) is 18.4 Å². The van der Waals surface area contributed by atoms with Crippen LogP contribution in [0.1, 0.15) is 38.2 Å². The number of esters is 1.